The van der Waals surface area contributed by atoms with Crippen LogP contribution in [-0.2, 0) is 4.74 Å². The Balaban J connectivity index is 1.42. The summed E-state index contributed by atoms with van der Waals surface area (Å²) in [6.07, 6.45) is 0. The molecule has 3 amide bonds. The van der Waals surface area contributed by atoms with Crippen molar-refractivity contribution in [3.63, 3.8) is 0 Å². The SMILES string of the molecule is Nc1nc(C(=O)Nc2cccc(NC(=O)Nc3ccccc3)c2)nc(N2CCOCC2)n1. The second kappa shape index (κ2) is 9.71. The van der Waals surface area contributed by atoms with Crippen LogP contribution >= 0.6 is 0 Å². The number of ether oxygens (including phenoxy) is 1. The summed E-state index contributed by atoms with van der Waals surface area (Å²) in [5.74, 6) is -0.350. The normalized spacial score (nSPS) is 13.3. The van der Waals surface area contributed by atoms with Crippen LogP contribution in [0.3, 0.4) is 0 Å². The van der Waals surface area contributed by atoms with Crippen molar-refractivity contribution in [2.45, 2.75) is 0 Å². The van der Waals surface area contributed by atoms with Gasteiger partial charge in [0, 0.05) is 30.2 Å². The molecular formula is C21H22N8O3. The van der Waals surface area contributed by atoms with Gasteiger partial charge in [0.2, 0.25) is 17.7 Å². The number of nitrogens with two attached hydrogens (primary N) is 1. The van der Waals surface area contributed by atoms with Crippen LogP contribution in [0.5, 0.6) is 0 Å². The predicted octanol–water partition coefficient (Wildman–Crippen LogP) is 2.19. The third kappa shape index (κ3) is 5.46. The minimum absolute atomic E-state index is 0.0420. The maximum atomic E-state index is 12.7. The average molecular weight is 434 g/mol. The van der Waals surface area contributed by atoms with Crippen molar-refractivity contribution in [1.29, 1.82) is 0 Å². The zero-order valence-corrected chi connectivity index (χ0v) is 17.1. The highest BCUT2D eigenvalue weighted by Crippen LogP contribution is 2.17. The molecule has 0 spiro atoms. The predicted molar refractivity (Wildman–Crippen MR) is 121 cm³/mol. The minimum Gasteiger partial charge on any atom is -0.378 e. The quantitative estimate of drug-likeness (QED) is 0.478. The molecule has 2 heterocycles. The van der Waals surface area contributed by atoms with E-state index >= 15 is 0 Å². The highest BCUT2D eigenvalue weighted by molar-refractivity contribution is 6.03. The third-order valence-electron chi connectivity index (χ3n) is 4.55. The highest BCUT2D eigenvalue weighted by atomic mass is 16.5. The van der Waals surface area contributed by atoms with Gasteiger partial charge in [-0.3, -0.25) is 4.79 Å². The van der Waals surface area contributed by atoms with Crippen LogP contribution in [0.1, 0.15) is 10.6 Å². The van der Waals surface area contributed by atoms with Crippen LogP contribution in [0.15, 0.2) is 54.6 Å². The van der Waals surface area contributed by atoms with E-state index < -0.39 is 11.9 Å². The number of urea groups is 1. The number of para-hydroxylation sites is 1. The molecule has 32 heavy (non-hydrogen) atoms. The van der Waals surface area contributed by atoms with E-state index in [0.717, 1.165) is 0 Å². The van der Waals surface area contributed by atoms with Gasteiger partial charge < -0.3 is 31.3 Å². The van der Waals surface area contributed by atoms with E-state index in [-0.39, 0.29) is 11.8 Å². The summed E-state index contributed by atoms with van der Waals surface area (Å²) in [6.45, 7) is 2.29. The number of nitrogen functional groups attached to an aromatic ring is 1. The topological polar surface area (TPSA) is 147 Å². The number of anilines is 5. The van der Waals surface area contributed by atoms with Crippen molar-refractivity contribution in [2.75, 3.05) is 52.9 Å². The lowest BCUT2D eigenvalue weighted by atomic mass is 10.2. The summed E-state index contributed by atoms with van der Waals surface area (Å²) in [7, 11) is 0. The van der Waals surface area contributed by atoms with Crippen LogP contribution in [-0.4, -0.2) is 53.2 Å². The molecule has 0 atom stereocenters. The molecule has 1 saturated heterocycles. The molecule has 164 valence electrons. The fraction of sp³-hybridized carbons (Fsp3) is 0.190. The van der Waals surface area contributed by atoms with Gasteiger partial charge in [0.05, 0.1) is 13.2 Å². The molecule has 0 unspecified atom stereocenters. The Labute approximate surface area is 184 Å². The fourth-order valence-corrected chi connectivity index (χ4v) is 3.06. The van der Waals surface area contributed by atoms with Crippen molar-refractivity contribution in [1.82, 2.24) is 15.0 Å². The van der Waals surface area contributed by atoms with Gasteiger partial charge in [-0.1, -0.05) is 24.3 Å². The monoisotopic (exact) mass is 434 g/mol. The summed E-state index contributed by atoms with van der Waals surface area (Å²) in [4.78, 5) is 39.1. The zero-order chi connectivity index (χ0) is 22.3. The largest absolute Gasteiger partial charge is 0.378 e. The fourth-order valence-electron chi connectivity index (χ4n) is 3.06. The van der Waals surface area contributed by atoms with Crippen LogP contribution in [0.4, 0.5) is 33.8 Å². The molecule has 1 fully saturated rings. The molecule has 0 saturated carbocycles. The van der Waals surface area contributed by atoms with E-state index in [1.165, 1.54) is 0 Å². The van der Waals surface area contributed by atoms with Gasteiger partial charge in [0.15, 0.2) is 0 Å². The molecule has 11 heteroatoms. The lowest BCUT2D eigenvalue weighted by Crippen LogP contribution is -2.38. The van der Waals surface area contributed by atoms with Crippen molar-refractivity contribution in [3.05, 3.63) is 60.4 Å². The molecule has 0 aliphatic carbocycles. The molecule has 4 rings (SSSR count). The molecule has 3 aromatic rings. The second-order valence-electron chi connectivity index (χ2n) is 6.90. The Morgan fingerprint density at radius 1 is 0.844 bits per heavy atom. The van der Waals surface area contributed by atoms with Gasteiger partial charge in [-0.05, 0) is 30.3 Å². The number of benzene rings is 2. The first-order valence-electron chi connectivity index (χ1n) is 9.95. The number of hydrogen-bond donors (Lipinski definition) is 4. The first-order valence-corrected chi connectivity index (χ1v) is 9.95. The van der Waals surface area contributed by atoms with E-state index in [2.05, 4.69) is 30.9 Å². The highest BCUT2D eigenvalue weighted by Gasteiger charge is 2.19. The number of rotatable bonds is 5. The second-order valence-corrected chi connectivity index (χ2v) is 6.90. The Kier molecular flexibility index (Phi) is 6.37. The number of carbonyl (C=O) groups is 2. The smallest absolute Gasteiger partial charge is 0.323 e. The number of carbonyl (C=O) groups excluding carboxylic acids is 2. The molecular weight excluding hydrogens is 412 g/mol. The molecule has 1 aliphatic heterocycles. The van der Waals surface area contributed by atoms with E-state index in [9.17, 15) is 9.59 Å². The standard InChI is InChI=1S/C21H22N8O3/c22-19-26-17(27-20(28-19)29-9-11-32-12-10-29)18(30)23-15-7-4-8-16(13-15)25-21(31)24-14-5-2-1-3-6-14/h1-8,13H,9-12H2,(H,23,30)(H2,24,25,31)(H2,22,26,27,28). The Hall–Kier alpha value is -4.25. The molecule has 2 aromatic carbocycles. The number of amides is 3. The first kappa shape index (κ1) is 21.0. The number of nitrogens with zero attached hydrogens (tertiary/aromatic N) is 4. The third-order valence-corrected chi connectivity index (χ3v) is 4.55. The Morgan fingerprint density at radius 2 is 1.50 bits per heavy atom. The average Bonchev–Trinajstić information content (AvgIpc) is 2.80. The number of morpholine rings is 1. The van der Waals surface area contributed by atoms with Crippen molar-refractivity contribution in [3.8, 4) is 0 Å². The molecule has 1 aliphatic rings. The summed E-state index contributed by atoms with van der Waals surface area (Å²) < 4.78 is 5.32. The van der Waals surface area contributed by atoms with Crippen molar-refractivity contribution >= 4 is 40.9 Å². The van der Waals surface area contributed by atoms with Gasteiger partial charge in [-0.2, -0.15) is 15.0 Å². The number of aromatic nitrogens is 3. The minimum atomic E-state index is -0.542. The first-order chi connectivity index (χ1) is 15.6. The number of nitrogens with one attached hydrogen (secondary N) is 3. The molecule has 1 aromatic heterocycles. The van der Waals surface area contributed by atoms with Gasteiger partial charge >= 0.3 is 6.03 Å². The maximum Gasteiger partial charge on any atom is 0.323 e. The van der Waals surface area contributed by atoms with Crippen LogP contribution in [0.25, 0.3) is 0 Å². The maximum absolute atomic E-state index is 12.7. The van der Waals surface area contributed by atoms with Crippen molar-refractivity contribution < 1.29 is 14.3 Å². The number of hydrogen-bond acceptors (Lipinski definition) is 8. The van der Waals surface area contributed by atoms with Gasteiger partial charge in [-0.25, -0.2) is 4.79 Å². The van der Waals surface area contributed by atoms with Crippen molar-refractivity contribution in [2.24, 2.45) is 0 Å². The Bertz CT molecular complexity index is 1100. The molecule has 0 radical (unpaired) electrons. The molecule has 0 bridgehead atoms. The zero-order valence-electron chi connectivity index (χ0n) is 17.1. The molecule has 5 N–H and O–H groups in total. The summed E-state index contributed by atoms with van der Waals surface area (Å²) >= 11 is 0. The van der Waals surface area contributed by atoms with Crippen LogP contribution in [0, 0.1) is 0 Å². The van der Waals surface area contributed by atoms with Crippen LogP contribution in [0.2, 0.25) is 0 Å². The van der Waals surface area contributed by atoms with E-state index in [1.54, 1.807) is 36.4 Å². The van der Waals surface area contributed by atoms with Gasteiger partial charge in [0.1, 0.15) is 0 Å². The lowest BCUT2D eigenvalue weighted by Gasteiger charge is -2.26. The summed E-state index contributed by atoms with van der Waals surface area (Å²) in [5.41, 5.74) is 7.41. The van der Waals surface area contributed by atoms with E-state index in [4.69, 9.17) is 10.5 Å². The van der Waals surface area contributed by atoms with Gasteiger partial charge in [0.25, 0.3) is 5.91 Å². The summed E-state index contributed by atoms with van der Waals surface area (Å²) in [5, 5.41) is 8.17. The van der Waals surface area contributed by atoms with Gasteiger partial charge in [-0.15, -0.1) is 0 Å². The molecule has 11 nitrogen and oxygen atoms in total. The Morgan fingerprint density at radius 3 is 2.25 bits per heavy atom. The van der Waals surface area contributed by atoms with Crippen LogP contribution < -0.4 is 26.6 Å². The summed E-state index contributed by atoms with van der Waals surface area (Å²) in [6, 6.07) is 15.4. The van der Waals surface area contributed by atoms with E-state index in [1.807, 2.05) is 23.1 Å². The van der Waals surface area contributed by atoms with E-state index in [0.29, 0.717) is 49.3 Å². The lowest BCUT2D eigenvalue weighted by molar-refractivity contribution is 0.101.